The summed E-state index contributed by atoms with van der Waals surface area (Å²) in [5, 5.41) is 8.00. The predicted octanol–water partition coefficient (Wildman–Crippen LogP) is 2.53. The van der Waals surface area contributed by atoms with Gasteiger partial charge in [0.05, 0.1) is 11.9 Å². The van der Waals surface area contributed by atoms with Gasteiger partial charge in [0.15, 0.2) is 0 Å². The average Bonchev–Trinajstić information content (AvgIpc) is 3.17. The molecule has 3 N–H and O–H groups in total. The lowest BCUT2D eigenvalue weighted by molar-refractivity contribution is -0.131. The Balaban J connectivity index is 1.30. The van der Waals surface area contributed by atoms with Gasteiger partial charge in [-0.2, -0.15) is 0 Å². The van der Waals surface area contributed by atoms with Gasteiger partial charge in [0.25, 0.3) is 0 Å². The van der Waals surface area contributed by atoms with Crippen LogP contribution < -0.4 is 10.6 Å². The number of nitrogens with zero attached hydrogens (tertiary/aromatic N) is 3. The van der Waals surface area contributed by atoms with Crippen molar-refractivity contribution >= 4 is 22.8 Å². The van der Waals surface area contributed by atoms with E-state index in [0.717, 1.165) is 48.7 Å². The molecule has 7 nitrogen and oxygen atoms in total. The van der Waals surface area contributed by atoms with Crippen LogP contribution in [0.25, 0.3) is 11.0 Å². The first-order chi connectivity index (χ1) is 13.2. The van der Waals surface area contributed by atoms with Crippen LogP contribution in [0.15, 0.2) is 18.6 Å². The summed E-state index contributed by atoms with van der Waals surface area (Å²) in [5.74, 6) is 1.89. The lowest BCUT2D eigenvalue weighted by Gasteiger charge is -2.34. The second kappa shape index (κ2) is 8.25. The van der Waals surface area contributed by atoms with Crippen LogP contribution in [-0.2, 0) is 4.79 Å². The molecule has 0 radical (unpaired) electrons. The molecule has 7 heteroatoms. The van der Waals surface area contributed by atoms with Crippen LogP contribution in [0, 0.1) is 5.92 Å². The first-order valence-corrected chi connectivity index (χ1v) is 10.2. The van der Waals surface area contributed by atoms with Crippen molar-refractivity contribution in [2.45, 2.75) is 57.5 Å². The largest absolute Gasteiger partial charge is 0.365 e. The van der Waals surface area contributed by atoms with Crippen LogP contribution in [0.2, 0.25) is 0 Å². The molecule has 2 fully saturated rings. The third-order valence-electron chi connectivity index (χ3n) is 6.03. The van der Waals surface area contributed by atoms with Crippen LogP contribution >= 0.6 is 0 Å². The molecule has 2 aromatic rings. The molecule has 1 aliphatic heterocycles. The van der Waals surface area contributed by atoms with Gasteiger partial charge in [-0.15, -0.1) is 0 Å². The van der Waals surface area contributed by atoms with Crippen molar-refractivity contribution < 1.29 is 4.79 Å². The number of fused-ring (bicyclic) bond motifs is 1. The highest BCUT2D eigenvalue weighted by molar-refractivity contribution is 5.86. The Morgan fingerprint density at radius 1 is 1.22 bits per heavy atom. The van der Waals surface area contributed by atoms with Crippen molar-refractivity contribution in [3.63, 3.8) is 0 Å². The zero-order chi connectivity index (χ0) is 18.6. The Kier molecular flexibility index (Phi) is 5.57. The summed E-state index contributed by atoms with van der Waals surface area (Å²) in [6.07, 6.45) is 10.4. The van der Waals surface area contributed by atoms with Gasteiger partial charge >= 0.3 is 0 Å². The molecule has 2 aromatic heterocycles. The van der Waals surface area contributed by atoms with Gasteiger partial charge in [-0.25, -0.2) is 9.97 Å². The van der Waals surface area contributed by atoms with Gasteiger partial charge < -0.3 is 20.5 Å². The van der Waals surface area contributed by atoms with E-state index in [1.54, 1.807) is 6.33 Å². The Morgan fingerprint density at radius 3 is 2.93 bits per heavy atom. The quantitative estimate of drug-likeness (QED) is 0.753. The number of amides is 1. The Morgan fingerprint density at radius 2 is 2.07 bits per heavy atom. The summed E-state index contributed by atoms with van der Waals surface area (Å²) in [7, 11) is 0. The fraction of sp³-hybridized carbons (Fsp3) is 0.650. The summed E-state index contributed by atoms with van der Waals surface area (Å²) in [6.45, 7) is 4.37. The van der Waals surface area contributed by atoms with E-state index in [2.05, 4.69) is 32.5 Å². The number of aromatic amines is 1. The third kappa shape index (κ3) is 4.40. The summed E-state index contributed by atoms with van der Waals surface area (Å²) in [6, 6.07) is 2.72. The molecule has 0 bridgehead atoms. The highest BCUT2D eigenvalue weighted by atomic mass is 16.2. The van der Waals surface area contributed by atoms with Gasteiger partial charge in [-0.05, 0) is 50.5 Å². The maximum absolute atomic E-state index is 12.7. The van der Waals surface area contributed by atoms with E-state index in [1.165, 1.54) is 25.7 Å². The minimum Gasteiger partial charge on any atom is -0.365 e. The Bertz CT molecular complexity index is 767. The number of carbonyl (C=O) groups is 1. The summed E-state index contributed by atoms with van der Waals surface area (Å²) >= 11 is 0. The van der Waals surface area contributed by atoms with Crippen LogP contribution in [0.5, 0.6) is 0 Å². The highest BCUT2D eigenvalue weighted by Crippen LogP contribution is 2.24. The second-order valence-corrected chi connectivity index (χ2v) is 8.12. The van der Waals surface area contributed by atoms with E-state index in [4.69, 9.17) is 0 Å². The number of nitrogens with one attached hydrogen (secondary N) is 3. The number of likely N-dealkylation sites (tertiary alicyclic amines) is 1. The first kappa shape index (κ1) is 18.2. The van der Waals surface area contributed by atoms with Crippen molar-refractivity contribution in [2.75, 3.05) is 25.0 Å². The number of H-pyrrole nitrogens is 1. The topological polar surface area (TPSA) is 85.9 Å². The van der Waals surface area contributed by atoms with Crippen LogP contribution in [-0.4, -0.2) is 57.5 Å². The summed E-state index contributed by atoms with van der Waals surface area (Å²) in [4.78, 5) is 26.4. The summed E-state index contributed by atoms with van der Waals surface area (Å²) in [5.41, 5.74) is 0.835. The fourth-order valence-electron chi connectivity index (χ4n) is 4.31. The number of hydrogen-bond donors (Lipinski definition) is 3. The van der Waals surface area contributed by atoms with Crippen LogP contribution in [0.4, 0.5) is 5.82 Å². The van der Waals surface area contributed by atoms with Gasteiger partial charge in [0.2, 0.25) is 5.91 Å². The van der Waals surface area contributed by atoms with Gasteiger partial charge in [0.1, 0.15) is 17.8 Å². The van der Waals surface area contributed by atoms with Crippen molar-refractivity contribution in [1.29, 1.82) is 0 Å². The minimum absolute atomic E-state index is 0.217. The number of piperidine rings is 1. The highest BCUT2D eigenvalue weighted by Gasteiger charge is 2.25. The van der Waals surface area contributed by atoms with Crippen molar-refractivity contribution in [2.24, 2.45) is 5.92 Å². The zero-order valence-corrected chi connectivity index (χ0v) is 16.1. The van der Waals surface area contributed by atoms with Crippen LogP contribution in [0.1, 0.15) is 45.4 Å². The normalized spacial score (nSPS) is 26.3. The monoisotopic (exact) mass is 370 g/mol. The average molecular weight is 371 g/mol. The predicted molar refractivity (Wildman–Crippen MR) is 107 cm³/mol. The molecular weight excluding hydrogens is 340 g/mol. The SMILES string of the molecule is CC1CCC(NCC(=O)N2CCC[C@H](Nc3ncnc4[nH]ccc34)C2)CC1. The number of carbonyl (C=O) groups excluding carboxylic acids is 1. The molecule has 3 heterocycles. The van der Waals surface area contributed by atoms with Crippen molar-refractivity contribution in [3.05, 3.63) is 18.6 Å². The molecule has 27 heavy (non-hydrogen) atoms. The standard InChI is InChI=1S/C20H30N6O/c1-14-4-6-15(7-5-14)22-11-18(27)26-10-2-3-16(12-26)25-20-17-8-9-21-19(17)23-13-24-20/h8-9,13-16,22H,2-7,10-12H2,1H3,(H2,21,23,24,25)/t14?,15?,16-/m0/s1. The Labute approximate surface area is 160 Å². The maximum Gasteiger partial charge on any atom is 0.236 e. The molecule has 146 valence electrons. The number of anilines is 1. The fourth-order valence-corrected chi connectivity index (χ4v) is 4.31. The molecular formula is C20H30N6O. The Hall–Kier alpha value is -2.15. The van der Waals surface area contributed by atoms with E-state index in [1.807, 2.05) is 17.2 Å². The second-order valence-electron chi connectivity index (χ2n) is 8.12. The van der Waals surface area contributed by atoms with E-state index in [0.29, 0.717) is 12.6 Å². The molecule has 4 rings (SSSR count). The first-order valence-electron chi connectivity index (χ1n) is 10.2. The molecule has 1 saturated heterocycles. The minimum atomic E-state index is 0.217. The van der Waals surface area contributed by atoms with Crippen molar-refractivity contribution in [1.82, 2.24) is 25.2 Å². The van der Waals surface area contributed by atoms with Gasteiger partial charge in [0, 0.05) is 31.4 Å². The summed E-state index contributed by atoms with van der Waals surface area (Å²) < 4.78 is 0. The van der Waals surface area contributed by atoms with Gasteiger partial charge in [-0.3, -0.25) is 4.79 Å². The van der Waals surface area contributed by atoms with E-state index in [9.17, 15) is 4.79 Å². The number of hydrogen-bond acceptors (Lipinski definition) is 5. The zero-order valence-electron chi connectivity index (χ0n) is 16.1. The lowest BCUT2D eigenvalue weighted by atomic mass is 9.87. The van der Waals surface area contributed by atoms with Crippen molar-refractivity contribution in [3.8, 4) is 0 Å². The molecule has 1 saturated carbocycles. The maximum atomic E-state index is 12.7. The molecule has 1 aliphatic carbocycles. The molecule has 0 aromatic carbocycles. The van der Waals surface area contributed by atoms with Crippen LogP contribution in [0.3, 0.4) is 0 Å². The molecule has 2 aliphatic rings. The van der Waals surface area contributed by atoms with E-state index >= 15 is 0 Å². The number of rotatable bonds is 5. The number of aromatic nitrogens is 3. The lowest BCUT2D eigenvalue weighted by Crippen LogP contribution is -2.49. The molecule has 1 atom stereocenters. The van der Waals surface area contributed by atoms with E-state index < -0.39 is 0 Å². The smallest absolute Gasteiger partial charge is 0.236 e. The molecule has 0 spiro atoms. The van der Waals surface area contributed by atoms with E-state index in [-0.39, 0.29) is 11.9 Å². The molecule has 1 amide bonds. The molecule has 0 unspecified atom stereocenters. The third-order valence-corrected chi connectivity index (χ3v) is 6.03. The van der Waals surface area contributed by atoms with Gasteiger partial charge in [-0.1, -0.05) is 6.92 Å².